The topological polar surface area (TPSA) is 76.2 Å². The van der Waals surface area contributed by atoms with Crippen LogP contribution in [0.3, 0.4) is 0 Å². The number of halogens is 1. The number of aromatic nitrogens is 3. The Labute approximate surface area is 168 Å². The van der Waals surface area contributed by atoms with E-state index >= 15 is 0 Å². The molecule has 1 atom stereocenters. The first-order valence-electron chi connectivity index (χ1n) is 9.62. The summed E-state index contributed by atoms with van der Waals surface area (Å²) in [5.41, 5.74) is 2.62. The van der Waals surface area contributed by atoms with Gasteiger partial charge >= 0.3 is 0 Å². The van der Waals surface area contributed by atoms with E-state index in [1.165, 1.54) is 0 Å². The fourth-order valence-corrected chi connectivity index (χ4v) is 3.87. The van der Waals surface area contributed by atoms with E-state index in [1.54, 1.807) is 10.7 Å². The molecular weight excluding hydrogens is 378 g/mol. The van der Waals surface area contributed by atoms with Crippen LogP contribution >= 0.6 is 11.6 Å². The van der Waals surface area contributed by atoms with Gasteiger partial charge in [-0.1, -0.05) is 11.6 Å². The van der Waals surface area contributed by atoms with Gasteiger partial charge in [-0.15, -0.1) is 0 Å². The highest BCUT2D eigenvalue weighted by atomic mass is 35.5. The van der Waals surface area contributed by atoms with Crippen molar-refractivity contribution in [3.63, 3.8) is 0 Å². The Kier molecular flexibility index (Phi) is 5.52. The van der Waals surface area contributed by atoms with Crippen LogP contribution in [0.1, 0.15) is 24.8 Å². The molecule has 28 heavy (non-hydrogen) atoms. The molecule has 0 aliphatic carbocycles. The van der Waals surface area contributed by atoms with Gasteiger partial charge in [0.25, 0.3) is 6.01 Å². The fourth-order valence-electron chi connectivity index (χ4n) is 3.71. The molecule has 1 saturated heterocycles. The summed E-state index contributed by atoms with van der Waals surface area (Å²) < 4.78 is 7.65. The predicted octanol–water partition coefficient (Wildman–Crippen LogP) is 3.18. The molecule has 1 N–H and O–H groups in total. The minimum atomic E-state index is 0.0973. The van der Waals surface area contributed by atoms with Crippen molar-refractivity contribution < 1.29 is 9.21 Å². The van der Waals surface area contributed by atoms with Gasteiger partial charge in [0.2, 0.25) is 5.91 Å². The van der Waals surface area contributed by atoms with Crippen molar-refractivity contribution in [1.82, 2.24) is 20.1 Å². The Balaban J connectivity index is 1.29. The van der Waals surface area contributed by atoms with Gasteiger partial charge in [-0.05, 0) is 42.9 Å². The van der Waals surface area contributed by atoms with Crippen molar-refractivity contribution in [2.75, 3.05) is 24.5 Å². The molecule has 2 aromatic heterocycles. The number of benzene rings is 1. The first kappa shape index (κ1) is 18.8. The zero-order chi connectivity index (χ0) is 19.5. The summed E-state index contributed by atoms with van der Waals surface area (Å²) in [5.74, 6) is 0.394. The van der Waals surface area contributed by atoms with Crippen LogP contribution in [-0.2, 0) is 18.3 Å². The van der Waals surface area contributed by atoms with Gasteiger partial charge < -0.3 is 14.6 Å². The van der Waals surface area contributed by atoms with E-state index in [2.05, 4.69) is 20.3 Å². The van der Waals surface area contributed by atoms with Gasteiger partial charge in [0.1, 0.15) is 5.52 Å². The largest absolute Gasteiger partial charge is 0.423 e. The van der Waals surface area contributed by atoms with E-state index in [-0.39, 0.29) is 5.91 Å². The molecule has 148 valence electrons. The molecule has 0 bridgehead atoms. The molecule has 1 fully saturated rings. The number of aryl methyl sites for hydroxylation is 1. The molecular formula is C20H24ClN5O2. The molecule has 3 aromatic rings. The van der Waals surface area contributed by atoms with Crippen LogP contribution in [0, 0.1) is 5.92 Å². The minimum Gasteiger partial charge on any atom is -0.423 e. The molecule has 1 aromatic carbocycles. The van der Waals surface area contributed by atoms with Gasteiger partial charge in [-0.2, -0.15) is 10.1 Å². The number of anilines is 1. The zero-order valence-electron chi connectivity index (χ0n) is 15.9. The summed E-state index contributed by atoms with van der Waals surface area (Å²) in [6, 6.07) is 6.07. The van der Waals surface area contributed by atoms with Crippen molar-refractivity contribution in [3.8, 4) is 0 Å². The standard InChI is InChI=1S/C20H24ClN5O2/c1-25-12-15(11-23-25)6-7-22-19(27)9-14-3-2-8-26(13-14)20-24-17-5-4-16(21)10-18(17)28-20/h4-5,10-12,14H,2-3,6-9,13H2,1H3,(H,22,27). The number of carbonyl (C=O) groups is 1. The lowest BCUT2D eigenvalue weighted by atomic mass is 9.94. The van der Waals surface area contributed by atoms with Crippen molar-refractivity contribution in [3.05, 3.63) is 41.2 Å². The molecule has 3 heterocycles. The highest BCUT2D eigenvalue weighted by molar-refractivity contribution is 6.31. The second-order valence-electron chi connectivity index (χ2n) is 7.39. The average molecular weight is 402 g/mol. The lowest BCUT2D eigenvalue weighted by molar-refractivity contribution is -0.122. The normalized spacial score (nSPS) is 17.2. The molecule has 1 amide bonds. The van der Waals surface area contributed by atoms with Crippen LogP contribution < -0.4 is 10.2 Å². The number of rotatable bonds is 6. The van der Waals surface area contributed by atoms with Crippen LogP contribution in [0.2, 0.25) is 5.02 Å². The predicted molar refractivity (Wildman–Crippen MR) is 108 cm³/mol. The van der Waals surface area contributed by atoms with Crippen LogP contribution in [0.5, 0.6) is 0 Å². The van der Waals surface area contributed by atoms with Crippen LogP contribution in [-0.4, -0.2) is 40.3 Å². The maximum Gasteiger partial charge on any atom is 0.298 e. The first-order valence-corrected chi connectivity index (χ1v) is 10.00. The molecule has 4 rings (SSSR count). The monoisotopic (exact) mass is 401 g/mol. The lowest BCUT2D eigenvalue weighted by Gasteiger charge is -2.31. The third kappa shape index (κ3) is 4.47. The summed E-state index contributed by atoms with van der Waals surface area (Å²) in [6.07, 6.45) is 7.18. The van der Waals surface area contributed by atoms with E-state index in [0.29, 0.717) is 35.5 Å². The Morgan fingerprint density at radius 3 is 3.14 bits per heavy atom. The molecule has 0 radical (unpaired) electrons. The maximum atomic E-state index is 12.3. The average Bonchev–Trinajstić information content (AvgIpc) is 3.27. The summed E-state index contributed by atoms with van der Waals surface area (Å²) in [7, 11) is 1.89. The number of oxazole rings is 1. The fraction of sp³-hybridized carbons (Fsp3) is 0.450. The van der Waals surface area contributed by atoms with Gasteiger partial charge in [-0.3, -0.25) is 9.48 Å². The number of carbonyl (C=O) groups excluding carboxylic acids is 1. The highest BCUT2D eigenvalue weighted by Crippen LogP contribution is 2.28. The van der Waals surface area contributed by atoms with E-state index < -0.39 is 0 Å². The molecule has 7 nitrogen and oxygen atoms in total. The van der Waals surface area contributed by atoms with Crippen LogP contribution in [0.4, 0.5) is 6.01 Å². The van der Waals surface area contributed by atoms with Gasteiger partial charge in [0.15, 0.2) is 5.58 Å². The van der Waals surface area contributed by atoms with Gasteiger partial charge in [0, 0.05) is 50.4 Å². The number of nitrogens with one attached hydrogen (secondary N) is 1. The SMILES string of the molecule is Cn1cc(CCNC(=O)CC2CCCN(c3nc4ccc(Cl)cc4o3)C2)cn1. The van der Waals surface area contributed by atoms with Gasteiger partial charge in [0.05, 0.1) is 6.20 Å². The smallest absolute Gasteiger partial charge is 0.298 e. The maximum absolute atomic E-state index is 12.3. The third-order valence-electron chi connectivity index (χ3n) is 5.10. The number of nitrogens with zero attached hydrogens (tertiary/aromatic N) is 4. The second-order valence-corrected chi connectivity index (χ2v) is 7.83. The van der Waals surface area contributed by atoms with Crippen molar-refractivity contribution in [1.29, 1.82) is 0 Å². The second kappa shape index (κ2) is 8.22. The van der Waals surface area contributed by atoms with Crippen molar-refractivity contribution in [2.24, 2.45) is 13.0 Å². The van der Waals surface area contributed by atoms with Crippen LogP contribution in [0.25, 0.3) is 11.1 Å². The number of piperidine rings is 1. The van der Waals surface area contributed by atoms with E-state index in [1.807, 2.05) is 31.6 Å². The Morgan fingerprint density at radius 1 is 1.43 bits per heavy atom. The molecule has 1 unspecified atom stereocenters. The molecule has 1 aliphatic rings. The van der Waals surface area contributed by atoms with E-state index in [0.717, 1.165) is 43.4 Å². The number of hydrogen-bond donors (Lipinski definition) is 1. The number of amides is 1. The Hall–Kier alpha value is -2.54. The summed E-state index contributed by atoms with van der Waals surface area (Å²) in [5, 5.41) is 7.80. The van der Waals surface area contributed by atoms with Gasteiger partial charge in [-0.25, -0.2) is 0 Å². The minimum absolute atomic E-state index is 0.0973. The molecule has 0 spiro atoms. The van der Waals surface area contributed by atoms with Crippen molar-refractivity contribution >= 4 is 34.6 Å². The number of fused-ring (bicyclic) bond motifs is 1. The Morgan fingerprint density at radius 2 is 2.32 bits per heavy atom. The highest BCUT2D eigenvalue weighted by Gasteiger charge is 2.25. The molecule has 0 saturated carbocycles. The van der Waals surface area contributed by atoms with E-state index in [4.69, 9.17) is 16.0 Å². The molecule has 8 heteroatoms. The third-order valence-corrected chi connectivity index (χ3v) is 5.33. The van der Waals surface area contributed by atoms with Crippen LogP contribution in [0.15, 0.2) is 35.0 Å². The summed E-state index contributed by atoms with van der Waals surface area (Å²) in [4.78, 5) is 19.0. The molecule has 1 aliphatic heterocycles. The number of hydrogen-bond acceptors (Lipinski definition) is 5. The summed E-state index contributed by atoms with van der Waals surface area (Å²) >= 11 is 6.03. The quantitative estimate of drug-likeness (QED) is 0.686. The Bertz CT molecular complexity index is 967. The lowest BCUT2D eigenvalue weighted by Crippen LogP contribution is -2.38. The summed E-state index contributed by atoms with van der Waals surface area (Å²) in [6.45, 7) is 2.29. The van der Waals surface area contributed by atoms with Crippen molar-refractivity contribution in [2.45, 2.75) is 25.7 Å². The van der Waals surface area contributed by atoms with E-state index in [9.17, 15) is 4.79 Å². The zero-order valence-corrected chi connectivity index (χ0v) is 16.7. The first-order chi connectivity index (χ1) is 13.6.